The SMILES string of the molecule is NCC(CC(=O)O)c1ccc(Cl)c(-c2cc(C(=O)O)co2)c1. The van der Waals surface area contributed by atoms with Crippen molar-refractivity contribution < 1.29 is 24.2 Å². The lowest BCUT2D eigenvalue weighted by atomic mass is 9.94. The quantitative estimate of drug-likeness (QED) is 0.753. The summed E-state index contributed by atoms with van der Waals surface area (Å²) in [7, 11) is 0. The van der Waals surface area contributed by atoms with Crippen molar-refractivity contribution in [2.24, 2.45) is 5.73 Å². The first-order valence-corrected chi connectivity index (χ1v) is 6.83. The van der Waals surface area contributed by atoms with Crippen molar-refractivity contribution in [2.75, 3.05) is 6.54 Å². The van der Waals surface area contributed by atoms with Gasteiger partial charge in [-0.15, -0.1) is 0 Å². The summed E-state index contributed by atoms with van der Waals surface area (Å²) in [4.78, 5) is 21.8. The molecule has 1 unspecified atom stereocenters. The van der Waals surface area contributed by atoms with Gasteiger partial charge in [0.25, 0.3) is 0 Å². The molecule has 1 heterocycles. The molecular weight excluding hydrogens is 310 g/mol. The molecule has 0 aliphatic heterocycles. The molecule has 22 heavy (non-hydrogen) atoms. The van der Waals surface area contributed by atoms with Crippen molar-refractivity contribution in [2.45, 2.75) is 12.3 Å². The number of nitrogens with two attached hydrogens (primary N) is 1. The van der Waals surface area contributed by atoms with Crippen LogP contribution in [0.25, 0.3) is 11.3 Å². The Morgan fingerprint density at radius 2 is 2.00 bits per heavy atom. The van der Waals surface area contributed by atoms with Crippen LogP contribution in [0.2, 0.25) is 5.02 Å². The van der Waals surface area contributed by atoms with E-state index in [0.717, 1.165) is 6.26 Å². The van der Waals surface area contributed by atoms with Crippen LogP contribution >= 0.6 is 11.6 Å². The van der Waals surface area contributed by atoms with E-state index in [1.807, 2.05) is 0 Å². The lowest BCUT2D eigenvalue weighted by molar-refractivity contribution is -0.137. The molecule has 7 heteroatoms. The molecule has 2 rings (SSSR count). The molecule has 0 aliphatic carbocycles. The predicted molar refractivity (Wildman–Crippen MR) is 80.2 cm³/mol. The Labute approximate surface area is 131 Å². The van der Waals surface area contributed by atoms with E-state index in [4.69, 9.17) is 32.0 Å². The van der Waals surface area contributed by atoms with Gasteiger partial charge in [0.05, 0.1) is 17.0 Å². The topological polar surface area (TPSA) is 114 Å². The number of carboxylic acids is 2. The summed E-state index contributed by atoms with van der Waals surface area (Å²) in [5.41, 5.74) is 6.84. The van der Waals surface area contributed by atoms with Gasteiger partial charge in [-0.25, -0.2) is 4.79 Å². The van der Waals surface area contributed by atoms with Crippen molar-refractivity contribution in [3.8, 4) is 11.3 Å². The van der Waals surface area contributed by atoms with E-state index >= 15 is 0 Å². The summed E-state index contributed by atoms with van der Waals surface area (Å²) in [5, 5.41) is 18.2. The van der Waals surface area contributed by atoms with E-state index in [0.29, 0.717) is 21.9 Å². The number of carbonyl (C=O) groups is 2. The lowest BCUT2D eigenvalue weighted by Crippen LogP contribution is -2.16. The molecule has 0 radical (unpaired) electrons. The predicted octanol–water partition coefficient (Wildman–Crippen LogP) is 2.82. The molecule has 0 saturated heterocycles. The molecular formula is C15H14ClNO5. The maximum atomic E-state index is 10.9. The molecule has 116 valence electrons. The molecule has 4 N–H and O–H groups in total. The maximum Gasteiger partial charge on any atom is 0.338 e. The molecule has 2 aromatic rings. The fourth-order valence-corrected chi connectivity index (χ4v) is 2.33. The summed E-state index contributed by atoms with van der Waals surface area (Å²) >= 11 is 6.12. The largest absolute Gasteiger partial charge is 0.481 e. The fraction of sp³-hybridized carbons (Fsp3) is 0.200. The Bertz CT molecular complexity index is 710. The number of hydrogen-bond acceptors (Lipinski definition) is 4. The minimum absolute atomic E-state index is 0.0115. The molecule has 0 amide bonds. The first kappa shape index (κ1) is 16.1. The Hall–Kier alpha value is -2.31. The second-order valence-electron chi connectivity index (χ2n) is 4.77. The number of rotatable bonds is 6. The van der Waals surface area contributed by atoms with E-state index in [-0.39, 0.29) is 24.4 Å². The van der Waals surface area contributed by atoms with Gasteiger partial charge in [0, 0.05) is 11.5 Å². The number of aromatic carboxylic acids is 1. The van der Waals surface area contributed by atoms with Gasteiger partial charge in [0.2, 0.25) is 0 Å². The normalized spacial score (nSPS) is 12.1. The summed E-state index contributed by atoms with van der Waals surface area (Å²) in [6.07, 6.45) is 1.02. The molecule has 0 spiro atoms. The summed E-state index contributed by atoms with van der Waals surface area (Å²) in [6.45, 7) is 0.173. The van der Waals surface area contributed by atoms with E-state index < -0.39 is 11.9 Å². The minimum atomic E-state index is -1.10. The number of benzene rings is 1. The summed E-state index contributed by atoms with van der Waals surface area (Å²) in [5.74, 6) is -2.11. The number of carboxylic acid groups (broad SMARTS) is 2. The highest BCUT2D eigenvalue weighted by atomic mass is 35.5. The monoisotopic (exact) mass is 323 g/mol. The minimum Gasteiger partial charge on any atom is -0.481 e. The van der Waals surface area contributed by atoms with Gasteiger partial charge in [0.1, 0.15) is 12.0 Å². The zero-order valence-corrected chi connectivity index (χ0v) is 12.2. The second kappa shape index (κ2) is 6.64. The number of hydrogen-bond donors (Lipinski definition) is 3. The molecule has 0 aliphatic rings. The molecule has 1 aromatic heterocycles. The number of aliphatic carboxylic acids is 1. The van der Waals surface area contributed by atoms with Crippen molar-refractivity contribution in [1.29, 1.82) is 0 Å². The van der Waals surface area contributed by atoms with E-state index in [1.165, 1.54) is 6.07 Å². The fourth-order valence-electron chi connectivity index (χ4n) is 2.12. The van der Waals surface area contributed by atoms with Gasteiger partial charge in [-0.05, 0) is 30.3 Å². The molecule has 6 nitrogen and oxygen atoms in total. The van der Waals surface area contributed by atoms with Crippen LogP contribution in [0, 0.1) is 0 Å². The van der Waals surface area contributed by atoms with Crippen LogP contribution < -0.4 is 5.73 Å². The van der Waals surface area contributed by atoms with Crippen molar-refractivity contribution in [3.05, 3.63) is 46.7 Å². The standard InChI is InChI=1S/C15H14ClNO5/c16-12-2-1-8(9(6-17)5-14(18)19)3-11(12)13-4-10(7-22-13)15(20)21/h1-4,7,9H,5-6,17H2,(H,18,19)(H,20,21). The Morgan fingerprint density at radius 3 is 2.55 bits per heavy atom. The average Bonchev–Trinajstić information content (AvgIpc) is 2.95. The van der Waals surface area contributed by atoms with Crippen LogP contribution in [0.15, 0.2) is 34.9 Å². The van der Waals surface area contributed by atoms with Crippen LogP contribution in [0.5, 0.6) is 0 Å². The average molecular weight is 324 g/mol. The Kier molecular flexibility index (Phi) is 4.85. The zero-order chi connectivity index (χ0) is 16.3. The van der Waals surface area contributed by atoms with Gasteiger partial charge in [0.15, 0.2) is 0 Å². The summed E-state index contributed by atoms with van der Waals surface area (Å²) < 4.78 is 5.23. The lowest BCUT2D eigenvalue weighted by Gasteiger charge is -2.14. The van der Waals surface area contributed by atoms with Crippen LogP contribution in [0.3, 0.4) is 0 Å². The first-order valence-electron chi connectivity index (χ1n) is 6.46. The smallest absolute Gasteiger partial charge is 0.338 e. The van der Waals surface area contributed by atoms with Gasteiger partial charge in [-0.1, -0.05) is 17.7 Å². The van der Waals surface area contributed by atoms with Crippen molar-refractivity contribution >= 4 is 23.5 Å². The van der Waals surface area contributed by atoms with Crippen molar-refractivity contribution in [1.82, 2.24) is 0 Å². The third-order valence-electron chi connectivity index (χ3n) is 3.28. The first-order chi connectivity index (χ1) is 10.4. The third kappa shape index (κ3) is 3.47. The van der Waals surface area contributed by atoms with E-state index in [9.17, 15) is 9.59 Å². The highest BCUT2D eigenvalue weighted by molar-refractivity contribution is 6.33. The Morgan fingerprint density at radius 1 is 1.27 bits per heavy atom. The van der Waals surface area contributed by atoms with E-state index in [1.54, 1.807) is 18.2 Å². The second-order valence-corrected chi connectivity index (χ2v) is 5.18. The Balaban J connectivity index is 2.41. The van der Waals surface area contributed by atoms with Gasteiger partial charge in [-0.2, -0.15) is 0 Å². The van der Waals surface area contributed by atoms with Gasteiger partial charge >= 0.3 is 11.9 Å². The van der Waals surface area contributed by atoms with Crippen molar-refractivity contribution in [3.63, 3.8) is 0 Å². The van der Waals surface area contributed by atoms with E-state index in [2.05, 4.69) is 0 Å². The van der Waals surface area contributed by atoms with Crippen LogP contribution in [0.1, 0.15) is 28.3 Å². The molecule has 1 atom stereocenters. The summed E-state index contributed by atoms with van der Waals surface area (Å²) in [6, 6.07) is 6.35. The highest BCUT2D eigenvalue weighted by Crippen LogP contribution is 2.33. The van der Waals surface area contributed by atoms with Gasteiger partial charge < -0.3 is 20.4 Å². The van der Waals surface area contributed by atoms with Crippen LogP contribution in [-0.2, 0) is 4.79 Å². The number of furan rings is 1. The zero-order valence-electron chi connectivity index (χ0n) is 11.5. The van der Waals surface area contributed by atoms with Crippen LogP contribution in [-0.4, -0.2) is 28.7 Å². The molecule has 1 aromatic carbocycles. The molecule has 0 saturated carbocycles. The third-order valence-corrected chi connectivity index (χ3v) is 3.61. The maximum absolute atomic E-state index is 10.9. The molecule has 0 bridgehead atoms. The number of halogens is 1. The molecule has 0 fully saturated rings. The van der Waals surface area contributed by atoms with Gasteiger partial charge in [-0.3, -0.25) is 4.79 Å². The highest BCUT2D eigenvalue weighted by Gasteiger charge is 2.18. The van der Waals surface area contributed by atoms with Crippen LogP contribution in [0.4, 0.5) is 0 Å².